The number of aromatic nitrogens is 4. The Morgan fingerprint density at radius 3 is 1.27 bits per heavy atom. The van der Waals surface area contributed by atoms with Crippen molar-refractivity contribution in [1.82, 2.24) is 19.9 Å². The number of nitrogens with zero attached hydrogens (tertiary/aromatic N) is 2. The third kappa shape index (κ3) is 4.39. The second-order valence-electron chi connectivity index (χ2n) is 6.98. The van der Waals surface area contributed by atoms with Gasteiger partial charge in [-0.2, -0.15) is 0 Å². The Labute approximate surface area is 182 Å². The molecule has 5 nitrogen and oxygen atoms in total. The van der Waals surface area contributed by atoms with Crippen LogP contribution in [0.15, 0.2) is 71.3 Å². The first-order chi connectivity index (χ1) is 14.7. The molecule has 0 saturated heterocycles. The number of H-pyrrole nitrogens is 2. The molecule has 4 aromatic rings. The molecule has 8 bridgehead atoms. The van der Waals surface area contributed by atoms with E-state index in [0.29, 0.717) is 0 Å². The van der Waals surface area contributed by atoms with Gasteiger partial charge in [0.2, 0.25) is 0 Å². The molecule has 0 unspecified atom stereocenters. The third-order valence-electron chi connectivity index (χ3n) is 4.62. The van der Waals surface area contributed by atoms with E-state index < -0.39 is 0 Å². The molecule has 0 spiro atoms. The first-order valence-electron chi connectivity index (χ1n) is 9.60. The summed E-state index contributed by atoms with van der Waals surface area (Å²) in [5.74, 6) is 0. The summed E-state index contributed by atoms with van der Waals surface area (Å²) in [5.41, 5.74) is 7.86. The zero-order valence-corrected chi connectivity index (χ0v) is 19.1. The van der Waals surface area contributed by atoms with Crippen LogP contribution in [0, 0.1) is 0 Å². The number of aromatic amines is 2. The average Bonchev–Trinajstić information content (AvgIpc) is 3.52. The van der Waals surface area contributed by atoms with Crippen LogP contribution in [0.25, 0.3) is 46.4 Å². The monoisotopic (exact) mass is 441 g/mol. The second-order valence-corrected chi connectivity index (χ2v) is 8.45. The quantitative estimate of drug-likeness (QED) is 0.321. The van der Waals surface area contributed by atoms with E-state index in [1.165, 1.54) is 0 Å². The molecular formula is C24H17N4OZn. The molecule has 6 rings (SSSR count). The van der Waals surface area contributed by atoms with Gasteiger partial charge in [-0.1, -0.05) is 0 Å². The van der Waals surface area contributed by atoms with Crippen molar-refractivity contribution in [2.45, 2.75) is 0 Å². The fourth-order valence-corrected chi connectivity index (χ4v) is 3.74. The molecule has 0 aliphatic carbocycles. The van der Waals surface area contributed by atoms with E-state index in [9.17, 15) is 0 Å². The third-order valence-corrected chi connectivity index (χ3v) is 5.47. The number of hydrogen-bond donors (Lipinski definition) is 2. The fraction of sp³-hybridized carbons (Fsp3) is 0. The van der Waals surface area contributed by atoms with E-state index in [2.05, 4.69) is 44.2 Å². The molecule has 0 atom stereocenters. The van der Waals surface area contributed by atoms with Crippen LogP contribution in [0.5, 0.6) is 0 Å². The van der Waals surface area contributed by atoms with Crippen LogP contribution in [0.2, 0.25) is 0 Å². The molecular weight excluding hydrogens is 426 g/mol. The number of nitrogens with one attached hydrogen (secondary N) is 2. The molecule has 6 heterocycles. The van der Waals surface area contributed by atoms with Crippen LogP contribution in [0.1, 0.15) is 22.8 Å². The van der Waals surface area contributed by atoms with Crippen molar-refractivity contribution in [1.29, 1.82) is 0 Å². The van der Waals surface area contributed by atoms with E-state index in [1.54, 1.807) is 6.26 Å². The second kappa shape index (κ2) is 8.09. The molecule has 0 saturated carbocycles. The Bertz CT molecular complexity index is 1230. The van der Waals surface area contributed by atoms with Gasteiger partial charge in [-0.3, -0.25) is 0 Å². The summed E-state index contributed by atoms with van der Waals surface area (Å²) < 4.78 is 5.98. The van der Waals surface area contributed by atoms with Crippen molar-refractivity contribution in [3.63, 3.8) is 0 Å². The van der Waals surface area contributed by atoms with Crippen molar-refractivity contribution in [2.24, 2.45) is 0 Å². The van der Waals surface area contributed by atoms with Crippen molar-refractivity contribution in [3.05, 3.63) is 89.7 Å². The van der Waals surface area contributed by atoms with Crippen molar-refractivity contribution >= 4 is 50.7 Å². The average molecular weight is 443 g/mol. The standard InChI is InChI=1S/C20H14N4.C4H3O.Zn/c1-2-14-10-16-5-6-18(23-16)12-20-8-7-19(24-20)11-17-4-3-15(22-17)9-13(1)21-14;1-2-4-5-3-1;/h1-12,21,24H;1-3H;. The van der Waals surface area contributed by atoms with Gasteiger partial charge in [0.15, 0.2) is 0 Å². The van der Waals surface area contributed by atoms with Crippen LogP contribution < -0.4 is 4.35 Å². The number of hydrogen-bond acceptors (Lipinski definition) is 3. The van der Waals surface area contributed by atoms with Gasteiger partial charge in [-0.05, 0) is 72.8 Å². The molecule has 2 aliphatic heterocycles. The zero-order chi connectivity index (χ0) is 20.3. The van der Waals surface area contributed by atoms with Gasteiger partial charge >= 0.3 is 45.5 Å². The van der Waals surface area contributed by atoms with Gasteiger partial charge < -0.3 is 9.97 Å². The molecule has 141 valence electrons. The molecule has 30 heavy (non-hydrogen) atoms. The summed E-state index contributed by atoms with van der Waals surface area (Å²) in [6.07, 6.45) is 9.78. The number of fused-ring (bicyclic) bond motifs is 8. The Morgan fingerprint density at radius 2 is 1.00 bits per heavy atom. The van der Waals surface area contributed by atoms with Gasteiger partial charge in [0.05, 0.1) is 22.8 Å². The van der Waals surface area contributed by atoms with E-state index in [1.807, 2.05) is 60.7 Å². The van der Waals surface area contributed by atoms with E-state index in [4.69, 9.17) is 4.42 Å². The summed E-state index contributed by atoms with van der Waals surface area (Å²) in [7, 11) is 0. The summed E-state index contributed by atoms with van der Waals surface area (Å²) in [6, 6.07) is 20.2. The van der Waals surface area contributed by atoms with Crippen molar-refractivity contribution in [2.75, 3.05) is 0 Å². The summed E-state index contributed by atoms with van der Waals surface area (Å²) in [5, 5.41) is 0. The maximum absolute atomic E-state index is 4.89. The minimum atomic E-state index is 0.939. The number of furan rings is 1. The predicted octanol–water partition coefficient (Wildman–Crippen LogP) is 5.11. The van der Waals surface area contributed by atoms with Crippen LogP contribution in [0.3, 0.4) is 0 Å². The minimum absolute atomic E-state index is 0.939. The molecule has 0 radical (unpaired) electrons. The Kier molecular flexibility index (Phi) is 5.00. The van der Waals surface area contributed by atoms with Crippen molar-refractivity contribution < 1.29 is 22.7 Å². The Hall–Kier alpha value is -3.50. The number of rotatable bonds is 0. The summed E-state index contributed by atoms with van der Waals surface area (Å²) in [6.45, 7) is 0. The van der Waals surface area contributed by atoms with Gasteiger partial charge in [0, 0.05) is 22.1 Å². The van der Waals surface area contributed by atoms with Crippen LogP contribution >= 0.6 is 0 Å². The SMILES string of the molecule is C1=Cc2cc3ccc(cc4nc(cc5ccc(cc1n2)[nH]5)C=C4)[nH]3.[Zn][c]1ccco1. The zero-order valence-electron chi connectivity index (χ0n) is 16.2. The summed E-state index contributed by atoms with van der Waals surface area (Å²) >= 11 is 1.12. The van der Waals surface area contributed by atoms with E-state index >= 15 is 0 Å². The normalized spacial score (nSPS) is 11.9. The Balaban J connectivity index is 0.000000279. The van der Waals surface area contributed by atoms with Crippen LogP contribution in [-0.4, -0.2) is 19.9 Å². The van der Waals surface area contributed by atoms with Crippen LogP contribution in [-0.2, 0) is 18.3 Å². The van der Waals surface area contributed by atoms with Gasteiger partial charge in [-0.15, -0.1) is 0 Å². The fourth-order valence-electron chi connectivity index (χ4n) is 3.26. The van der Waals surface area contributed by atoms with Crippen LogP contribution in [0.4, 0.5) is 0 Å². The first-order valence-corrected chi connectivity index (χ1v) is 11.1. The van der Waals surface area contributed by atoms with E-state index in [0.717, 1.165) is 67.5 Å². The Morgan fingerprint density at radius 1 is 0.600 bits per heavy atom. The van der Waals surface area contributed by atoms with Gasteiger partial charge in [-0.25, -0.2) is 9.97 Å². The van der Waals surface area contributed by atoms with Gasteiger partial charge in [0.1, 0.15) is 0 Å². The molecule has 2 N–H and O–H groups in total. The van der Waals surface area contributed by atoms with E-state index in [-0.39, 0.29) is 0 Å². The first kappa shape index (κ1) is 18.5. The molecule has 2 aliphatic rings. The predicted molar refractivity (Wildman–Crippen MR) is 117 cm³/mol. The van der Waals surface area contributed by atoms with Crippen molar-refractivity contribution in [3.8, 4) is 0 Å². The summed E-state index contributed by atoms with van der Waals surface area (Å²) in [4.78, 5) is 16.0. The topological polar surface area (TPSA) is 70.5 Å². The molecule has 0 fully saturated rings. The van der Waals surface area contributed by atoms with Gasteiger partial charge in [0.25, 0.3) is 0 Å². The molecule has 6 heteroatoms. The molecule has 0 aromatic carbocycles. The maximum atomic E-state index is 4.89. The molecule has 0 amide bonds. The molecule has 4 aromatic heterocycles.